The molecule has 0 aliphatic heterocycles. The molecule has 1 aromatic carbocycles. The summed E-state index contributed by atoms with van der Waals surface area (Å²) in [6.07, 6.45) is 1.26. The van der Waals surface area contributed by atoms with Crippen LogP contribution in [0.3, 0.4) is 0 Å². The van der Waals surface area contributed by atoms with Crippen LogP contribution in [0.25, 0.3) is 6.08 Å². The van der Waals surface area contributed by atoms with E-state index in [1.807, 2.05) is 0 Å². The standard InChI is InChI=1S/C10H7BrO4/c11-8(10(14)15)5-6-3-1-2-4-7(6)9(12)13/h1-5H,(H,12,13)(H,14,15)/b8-5-. The first-order valence-electron chi connectivity index (χ1n) is 3.95. The summed E-state index contributed by atoms with van der Waals surface area (Å²) in [4.78, 5) is 21.3. The summed E-state index contributed by atoms with van der Waals surface area (Å²) in [5.74, 6) is -2.23. The summed E-state index contributed by atoms with van der Waals surface area (Å²) < 4.78 is -0.0869. The van der Waals surface area contributed by atoms with Gasteiger partial charge in [-0.15, -0.1) is 0 Å². The van der Waals surface area contributed by atoms with Gasteiger partial charge in [0.25, 0.3) is 0 Å². The molecule has 0 aromatic heterocycles. The van der Waals surface area contributed by atoms with E-state index in [0.29, 0.717) is 5.56 Å². The number of aliphatic carboxylic acids is 1. The van der Waals surface area contributed by atoms with Gasteiger partial charge in [-0.2, -0.15) is 0 Å². The fourth-order valence-electron chi connectivity index (χ4n) is 1.02. The quantitative estimate of drug-likeness (QED) is 0.826. The van der Waals surface area contributed by atoms with Crippen molar-refractivity contribution in [1.29, 1.82) is 0 Å². The maximum Gasteiger partial charge on any atom is 0.342 e. The van der Waals surface area contributed by atoms with Crippen LogP contribution in [0.1, 0.15) is 15.9 Å². The van der Waals surface area contributed by atoms with E-state index >= 15 is 0 Å². The van der Waals surface area contributed by atoms with E-state index in [9.17, 15) is 9.59 Å². The van der Waals surface area contributed by atoms with Gasteiger partial charge < -0.3 is 10.2 Å². The predicted molar refractivity (Wildman–Crippen MR) is 57.9 cm³/mol. The van der Waals surface area contributed by atoms with Gasteiger partial charge >= 0.3 is 11.9 Å². The van der Waals surface area contributed by atoms with Crippen LogP contribution in [0.5, 0.6) is 0 Å². The van der Waals surface area contributed by atoms with Crippen LogP contribution in [-0.4, -0.2) is 22.2 Å². The fourth-order valence-corrected chi connectivity index (χ4v) is 1.26. The van der Waals surface area contributed by atoms with Crippen molar-refractivity contribution in [2.75, 3.05) is 0 Å². The van der Waals surface area contributed by atoms with E-state index in [1.165, 1.54) is 18.2 Å². The molecular formula is C10H7BrO4. The number of hydrogen-bond donors (Lipinski definition) is 2. The van der Waals surface area contributed by atoms with E-state index < -0.39 is 11.9 Å². The molecule has 0 unspecified atom stereocenters. The summed E-state index contributed by atoms with van der Waals surface area (Å²) in [5, 5.41) is 17.4. The molecule has 0 bridgehead atoms. The maximum absolute atomic E-state index is 10.8. The molecule has 0 radical (unpaired) electrons. The Morgan fingerprint density at radius 3 is 2.33 bits per heavy atom. The second-order valence-corrected chi connectivity index (χ2v) is 3.54. The van der Waals surface area contributed by atoms with Crippen LogP contribution in [0, 0.1) is 0 Å². The highest BCUT2D eigenvalue weighted by Crippen LogP contribution is 2.16. The molecular weight excluding hydrogens is 264 g/mol. The van der Waals surface area contributed by atoms with Crippen LogP contribution in [0.2, 0.25) is 0 Å². The molecule has 1 rings (SSSR count). The van der Waals surface area contributed by atoms with E-state index in [-0.39, 0.29) is 10.0 Å². The van der Waals surface area contributed by atoms with Gasteiger partial charge in [0, 0.05) is 0 Å². The van der Waals surface area contributed by atoms with Crippen molar-refractivity contribution in [3.05, 3.63) is 39.9 Å². The molecule has 78 valence electrons. The lowest BCUT2D eigenvalue weighted by Crippen LogP contribution is -2.00. The minimum Gasteiger partial charge on any atom is -0.478 e. The molecule has 2 N–H and O–H groups in total. The van der Waals surface area contributed by atoms with Crippen LogP contribution in [0.15, 0.2) is 28.7 Å². The largest absolute Gasteiger partial charge is 0.478 e. The van der Waals surface area contributed by atoms with Gasteiger partial charge in [-0.25, -0.2) is 9.59 Å². The average molecular weight is 271 g/mol. The molecule has 0 aliphatic carbocycles. The van der Waals surface area contributed by atoms with Crippen molar-refractivity contribution in [3.8, 4) is 0 Å². The molecule has 0 saturated heterocycles. The summed E-state index contributed by atoms with van der Waals surface area (Å²) in [6, 6.07) is 6.17. The van der Waals surface area contributed by atoms with Gasteiger partial charge in [-0.1, -0.05) is 18.2 Å². The van der Waals surface area contributed by atoms with Crippen LogP contribution >= 0.6 is 15.9 Å². The first-order chi connectivity index (χ1) is 7.02. The molecule has 0 aliphatic rings. The number of aromatic carboxylic acids is 1. The lowest BCUT2D eigenvalue weighted by atomic mass is 10.1. The third-order valence-electron chi connectivity index (χ3n) is 1.68. The molecule has 1 aromatic rings. The van der Waals surface area contributed by atoms with Gasteiger partial charge in [0.2, 0.25) is 0 Å². The number of halogens is 1. The minimum absolute atomic E-state index is 0.0655. The average Bonchev–Trinajstić information content (AvgIpc) is 2.18. The normalized spacial score (nSPS) is 11.1. The van der Waals surface area contributed by atoms with Crippen LogP contribution < -0.4 is 0 Å². The Morgan fingerprint density at radius 2 is 1.80 bits per heavy atom. The molecule has 4 nitrogen and oxygen atoms in total. The molecule has 15 heavy (non-hydrogen) atoms. The van der Waals surface area contributed by atoms with E-state index in [4.69, 9.17) is 10.2 Å². The zero-order valence-corrected chi connectivity index (χ0v) is 9.06. The van der Waals surface area contributed by atoms with Crippen LogP contribution in [-0.2, 0) is 4.79 Å². The number of carboxylic acid groups (broad SMARTS) is 2. The summed E-state index contributed by atoms with van der Waals surface area (Å²) in [7, 11) is 0. The van der Waals surface area contributed by atoms with Crippen molar-refractivity contribution < 1.29 is 19.8 Å². The van der Waals surface area contributed by atoms with Gasteiger partial charge in [0.1, 0.15) is 4.48 Å². The second kappa shape index (κ2) is 4.75. The Morgan fingerprint density at radius 1 is 1.20 bits per heavy atom. The highest BCUT2D eigenvalue weighted by Gasteiger charge is 2.09. The number of benzene rings is 1. The van der Waals surface area contributed by atoms with Gasteiger partial charge in [0.05, 0.1) is 5.56 Å². The van der Waals surface area contributed by atoms with Crippen molar-refractivity contribution in [2.45, 2.75) is 0 Å². The number of hydrogen-bond acceptors (Lipinski definition) is 2. The van der Waals surface area contributed by atoms with E-state index in [2.05, 4.69) is 15.9 Å². The molecule has 0 amide bonds. The third kappa shape index (κ3) is 2.92. The van der Waals surface area contributed by atoms with Gasteiger partial charge in [0.15, 0.2) is 0 Å². The Balaban J connectivity index is 3.20. The Bertz CT molecular complexity index is 437. The number of carbonyl (C=O) groups is 2. The minimum atomic E-state index is -1.14. The topological polar surface area (TPSA) is 74.6 Å². The second-order valence-electron chi connectivity index (χ2n) is 2.69. The fraction of sp³-hybridized carbons (Fsp3) is 0. The van der Waals surface area contributed by atoms with E-state index in [0.717, 1.165) is 0 Å². The lowest BCUT2D eigenvalue weighted by Gasteiger charge is -2.00. The molecule has 0 spiro atoms. The van der Waals surface area contributed by atoms with Gasteiger partial charge in [-0.3, -0.25) is 0 Å². The predicted octanol–water partition coefficient (Wildman–Crippen LogP) is 2.21. The lowest BCUT2D eigenvalue weighted by molar-refractivity contribution is -0.131. The zero-order chi connectivity index (χ0) is 11.4. The Hall–Kier alpha value is -1.62. The number of carboxylic acids is 2. The van der Waals surface area contributed by atoms with Crippen molar-refractivity contribution in [2.24, 2.45) is 0 Å². The van der Waals surface area contributed by atoms with E-state index in [1.54, 1.807) is 12.1 Å². The third-order valence-corrected chi connectivity index (χ3v) is 2.25. The highest BCUT2D eigenvalue weighted by molar-refractivity contribution is 9.12. The summed E-state index contributed by atoms with van der Waals surface area (Å²) in [5.41, 5.74) is 0.412. The van der Waals surface area contributed by atoms with Crippen LogP contribution in [0.4, 0.5) is 0 Å². The van der Waals surface area contributed by atoms with Crippen molar-refractivity contribution >= 4 is 33.9 Å². The van der Waals surface area contributed by atoms with Gasteiger partial charge in [-0.05, 0) is 33.6 Å². The smallest absolute Gasteiger partial charge is 0.342 e. The maximum atomic E-state index is 10.8. The summed E-state index contributed by atoms with van der Waals surface area (Å²) in [6.45, 7) is 0. The number of rotatable bonds is 3. The molecule has 0 heterocycles. The molecule has 0 fully saturated rings. The zero-order valence-electron chi connectivity index (χ0n) is 7.48. The molecule has 0 atom stereocenters. The molecule has 5 heteroatoms. The summed E-state index contributed by atoms with van der Waals surface area (Å²) >= 11 is 2.83. The Kier molecular flexibility index (Phi) is 3.62. The van der Waals surface area contributed by atoms with Crippen molar-refractivity contribution in [3.63, 3.8) is 0 Å². The monoisotopic (exact) mass is 270 g/mol. The first kappa shape index (κ1) is 11.5. The SMILES string of the molecule is O=C(O)/C(Br)=C/c1ccccc1C(=O)O. The molecule has 0 saturated carbocycles. The first-order valence-corrected chi connectivity index (χ1v) is 4.74. The highest BCUT2D eigenvalue weighted by atomic mass is 79.9. The Labute approximate surface area is 94.0 Å². The van der Waals surface area contributed by atoms with Crippen molar-refractivity contribution in [1.82, 2.24) is 0 Å².